The number of nitrogens with one attached hydrogen (secondary N) is 3. The number of halogens is 1. The second-order valence-corrected chi connectivity index (χ2v) is 7.21. The van der Waals surface area contributed by atoms with Gasteiger partial charge in [0.05, 0.1) is 6.61 Å². The van der Waals surface area contributed by atoms with Crippen LogP contribution in [0.15, 0.2) is 24.3 Å². The van der Waals surface area contributed by atoms with Crippen LogP contribution in [0, 0.1) is 17.7 Å². The van der Waals surface area contributed by atoms with Crippen molar-refractivity contribution in [1.82, 2.24) is 15.5 Å². The molecule has 2 heterocycles. The lowest BCUT2D eigenvalue weighted by atomic mass is 9.98. The lowest BCUT2D eigenvalue weighted by molar-refractivity contribution is 0.161. The SMILES string of the molecule is O=C(NCC1CCCN(C(=O)NC[C@@H]2CCOC2)C1)Nc1ccc(F)cc1. The maximum Gasteiger partial charge on any atom is 0.319 e. The molecule has 0 aliphatic carbocycles. The lowest BCUT2D eigenvalue weighted by Gasteiger charge is -2.33. The molecule has 4 amide bonds. The van der Waals surface area contributed by atoms with Crippen LogP contribution in [0.25, 0.3) is 0 Å². The Morgan fingerprint density at radius 3 is 2.63 bits per heavy atom. The number of likely N-dealkylation sites (tertiary alicyclic amines) is 1. The van der Waals surface area contributed by atoms with E-state index in [1.807, 2.05) is 4.90 Å². The van der Waals surface area contributed by atoms with Crippen molar-refractivity contribution in [3.8, 4) is 0 Å². The average Bonchev–Trinajstić information content (AvgIpc) is 3.20. The third-order valence-electron chi connectivity index (χ3n) is 5.03. The maximum absolute atomic E-state index is 12.9. The van der Waals surface area contributed by atoms with Crippen molar-refractivity contribution in [2.24, 2.45) is 11.8 Å². The minimum absolute atomic E-state index is 0.0395. The molecular weight excluding hydrogens is 351 g/mol. The summed E-state index contributed by atoms with van der Waals surface area (Å²) in [4.78, 5) is 26.2. The van der Waals surface area contributed by atoms with Crippen LogP contribution in [-0.2, 0) is 4.74 Å². The molecule has 1 aromatic carbocycles. The van der Waals surface area contributed by atoms with Crippen LogP contribution in [0.4, 0.5) is 19.7 Å². The minimum atomic E-state index is -0.345. The summed E-state index contributed by atoms with van der Waals surface area (Å²) in [6.07, 6.45) is 2.89. The van der Waals surface area contributed by atoms with Gasteiger partial charge in [0.1, 0.15) is 5.82 Å². The van der Waals surface area contributed by atoms with Crippen molar-refractivity contribution in [2.45, 2.75) is 19.3 Å². The number of hydrogen-bond donors (Lipinski definition) is 3. The molecule has 1 aromatic rings. The summed E-state index contributed by atoms with van der Waals surface area (Å²) in [6, 6.07) is 5.25. The zero-order chi connectivity index (χ0) is 19.1. The van der Waals surface area contributed by atoms with Gasteiger partial charge in [-0.05, 0) is 49.4 Å². The van der Waals surface area contributed by atoms with Gasteiger partial charge in [0.15, 0.2) is 0 Å². The topological polar surface area (TPSA) is 82.7 Å². The molecule has 0 radical (unpaired) electrons. The highest BCUT2D eigenvalue weighted by Gasteiger charge is 2.25. The van der Waals surface area contributed by atoms with E-state index in [0.29, 0.717) is 31.2 Å². The molecule has 8 heteroatoms. The molecule has 2 saturated heterocycles. The third-order valence-corrected chi connectivity index (χ3v) is 5.03. The maximum atomic E-state index is 12.9. The van der Waals surface area contributed by atoms with Gasteiger partial charge >= 0.3 is 12.1 Å². The first kappa shape index (κ1) is 19.4. The molecule has 2 atom stereocenters. The van der Waals surface area contributed by atoms with Crippen molar-refractivity contribution >= 4 is 17.7 Å². The summed E-state index contributed by atoms with van der Waals surface area (Å²) in [5.41, 5.74) is 0.537. The van der Waals surface area contributed by atoms with Crippen LogP contribution in [-0.4, -0.2) is 56.4 Å². The summed E-state index contributed by atoms with van der Waals surface area (Å²) in [6.45, 7) is 4.01. The molecule has 7 nitrogen and oxygen atoms in total. The lowest BCUT2D eigenvalue weighted by Crippen LogP contribution is -2.48. The van der Waals surface area contributed by atoms with Gasteiger partial charge in [-0.25, -0.2) is 14.0 Å². The van der Waals surface area contributed by atoms with E-state index in [0.717, 1.165) is 39.0 Å². The number of carbonyl (C=O) groups excluding carboxylic acids is 2. The Hall–Kier alpha value is -2.35. The highest BCUT2D eigenvalue weighted by atomic mass is 19.1. The number of ether oxygens (including phenoxy) is 1. The van der Waals surface area contributed by atoms with Gasteiger partial charge in [-0.3, -0.25) is 0 Å². The number of piperidine rings is 1. The Morgan fingerprint density at radius 1 is 1.11 bits per heavy atom. The van der Waals surface area contributed by atoms with E-state index in [1.165, 1.54) is 24.3 Å². The van der Waals surface area contributed by atoms with Crippen molar-refractivity contribution in [3.63, 3.8) is 0 Å². The molecule has 2 fully saturated rings. The molecule has 0 spiro atoms. The normalized spacial score (nSPS) is 22.3. The zero-order valence-corrected chi connectivity index (χ0v) is 15.4. The summed E-state index contributed by atoms with van der Waals surface area (Å²) in [5.74, 6) is 0.284. The molecule has 0 saturated carbocycles. The van der Waals surface area contributed by atoms with Gasteiger partial charge in [-0.1, -0.05) is 0 Å². The monoisotopic (exact) mass is 378 g/mol. The van der Waals surface area contributed by atoms with Crippen LogP contribution in [0.3, 0.4) is 0 Å². The Kier molecular flexibility index (Phi) is 6.86. The Bertz CT molecular complexity index is 634. The van der Waals surface area contributed by atoms with E-state index in [1.54, 1.807) is 0 Å². The number of carbonyl (C=O) groups is 2. The number of benzene rings is 1. The fourth-order valence-corrected chi connectivity index (χ4v) is 3.45. The number of urea groups is 2. The highest BCUT2D eigenvalue weighted by Crippen LogP contribution is 2.17. The minimum Gasteiger partial charge on any atom is -0.381 e. The fourth-order valence-electron chi connectivity index (χ4n) is 3.45. The smallest absolute Gasteiger partial charge is 0.319 e. The molecule has 27 heavy (non-hydrogen) atoms. The average molecular weight is 378 g/mol. The number of amides is 4. The molecule has 3 rings (SSSR count). The first-order valence-electron chi connectivity index (χ1n) is 9.51. The van der Waals surface area contributed by atoms with Crippen LogP contribution >= 0.6 is 0 Å². The van der Waals surface area contributed by atoms with E-state index >= 15 is 0 Å². The van der Waals surface area contributed by atoms with Crippen molar-refractivity contribution in [3.05, 3.63) is 30.1 Å². The Morgan fingerprint density at radius 2 is 1.89 bits per heavy atom. The second-order valence-electron chi connectivity index (χ2n) is 7.21. The van der Waals surface area contributed by atoms with Gasteiger partial charge in [-0.15, -0.1) is 0 Å². The van der Waals surface area contributed by atoms with E-state index in [2.05, 4.69) is 16.0 Å². The van der Waals surface area contributed by atoms with Crippen molar-refractivity contribution < 1.29 is 18.7 Å². The highest BCUT2D eigenvalue weighted by molar-refractivity contribution is 5.89. The molecule has 0 aromatic heterocycles. The van der Waals surface area contributed by atoms with Crippen molar-refractivity contribution in [1.29, 1.82) is 0 Å². The first-order valence-corrected chi connectivity index (χ1v) is 9.51. The fraction of sp³-hybridized carbons (Fsp3) is 0.579. The molecule has 3 N–H and O–H groups in total. The molecule has 0 bridgehead atoms. The van der Waals surface area contributed by atoms with Crippen LogP contribution in [0.1, 0.15) is 19.3 Å². The van der Waals surface area contributed by atoms with Gasteiger partial charge < -0.3 is 25.6 Å². The molecule has 148 valence electrons. The van der Waals surface area contributed by atoms with Gasteiger partial charge in [-0.2, -0.15) is 0 Å². The second kappa shape index (κ2) is 9.55. The van der Waals surface area contributed by atoms with Gasteiger partial charge in [0.25, 0.3) is 0 Å². The number of hydrogen-bond acceptors (Lipinski definition) is 3. The van der Waals surface area contributed by atoms with Crippen LogP contribution in [0.2, 0.25) is 0 Å². The summed E-state index contributed by atoms with van der Waals surface area (Å²) in [7, 11) is 0. The van der Waals surface area contributed by atoms with Crippen LogP contribution < -0.4 is 16.0 Å². The van der Waals surface area contributed by atoms with Crippen molar-refractivity contribution in [2.75, 3.05) is 44.7 Å². The van der Waals surface area contributed by atoms with Gasteiger partial charge in [0.2, 0.25) is 0 Å². The van der Waals surface area contributed by atoms with E-state index in [9.17, 15) is 14.0 Å². The molecule has 2 aliphatic heterocycles. The van der Waals surface area contributed by atoms with E-state index < -0.39 is 0 Å². The quantitative estimate of drug-likeness (QED) is 0.736. The van der Waals surface area contributed by atoms with E-state index in [-0.39, 0.29) is 23.8 Å². The predicted molar refractivity (Wildman–Crippen MR) is 100 cm³/mol. The Balaban J connectivity index is 1.37. The van der Waals surface area contributed by atoms with Crippen LogP contribution in [0.5, 0.6) is 0 Å². The summed E-state index contributed by atoms with van der Waals surface area (Å²) < 4.78 is 18.2. The number of nitrogens with zero attached hydrogens (tertiary/aromatic N) is 1. The van der Waals surface area contributed by atoms with Gasteiger partial charge in [0, 0.05) is 44.4 Å². The zero-order valence-electron chi connectivity index (χ0n) is 15.4. The summed E-state index contributed by atoms with van der Waals surface area (Å²) in [5, 5.41) is 8.50. The predicted octanol–water partition coefficient (Wildman–Crippen LogP) is 2.41. The molecular formula is C19H27FN4O3. The molecule has 2 aliphatic rings. The number of rotatable bonds is 5. The first-order chi connectivity index (χ1) is 13.1. The largest absolute Gasteiger partial charge is 0.381 e. The summed E-state index contributed by atoms with van der Waals surface area (Å²) >= 11 is 0. The molecule has 1 unspecified atom stereocenters. The third kappa shape index (κ3) is 6.09. The Labute approximate surface area is 158 Å². The number of anilines is 1. The van der Waals surface area contributed by atoms with E-state index in [4.69, 9.17) is 4.74 Å². The standard InChI is InChI=1S/C19H27FN4O3/c20-16-3-5-17(6-4-16)23-18(25)21-10-14-2-1-8-24(12-14)19(26)22-11-15-7-9-27-13-15/h3-6,14-15H,1-2,7-13H2,(H,22,26)(H2,21,23,25)/t14?,15-/m0/s1.